The molecular weight excluding hydrogens is 376 g/mol. The van der Waals surface area contributed by atoms with Gasteiger partial charge in [-0.25, -0.2) is 17.2 Å². The summed E-state index contributed by atoms with van der Waals surface area (Å²) >= 11 is 0. The summed E-state index contributed by atoms with van der Waals surface area (Å²) in [5.74, 6) is -10.4. The summed E-state index contributed by atoms with van der Waals surface area (Å²) in [5.41, 5.74) is 1.06. The zero-order valence-electron chi connectivity index (χ0n) is 14.1. The molecule has 0 unspecified atom stereocenters. The fourth-order valence-corrected chi connectivity index (χ4v) is 3.08. The van der Waals surface area contributed by atoms with Gasteiger partial charge in [0.1, 0.15) is 20.8 Å². The Morgan fingerprint density at radius 1 is 1.00 bits per heavy atom. The molecule has 26 heavy (non-hydrogen) atoms. The van der Waals surface area contributed by atoms with Gasteiger partial charge in [0.05, 0.1) is 0 Å². The largest absolute Gasteiger partial charge is 0.744 e. The van der Waals surface area contributed by atoms with Crippen molar-refractivity contribution in [1.82, 2.24) is 0 Å². The third kappa shape index (κ3) is 3.54. The Morgan fingerprint density at radius 2 is 1.54 bits per heavy atom. The van der Waals surface area contributed by atoms with E-state index in [4.69, 9.17) is 4.74 Å². The van der Waals surface area contributed by atoms with E-state index >= 15 is 0 Å². The van der Waals surface area contributed by atoms with Gasteiger partial charge in [-0.2, -0.15) is 8.78 Å². The summed E-state index contributed by atoms with van der Waals surface area (Å²) in [6.07, 6.45) is 0.400. The highest BCUT2D eigenvalue weighted by Gasteiger charge is 2.31. The van der Waals surface area contributed by atoms with Gasteiger partial charge < -0.3 is 9.29 Å². The average Bonchev–Trinajstić information content (AvgIpc) is 2.55. The molecule has 0 amide bonds. The van der Waals surface area contributed by atoms with Crippen molar-refractivity contribution in [3.05, 3.63) is 52.6 Å². The maximum atomic E-state index is 14.2. The Morgan fingerprint density at radius 3 is 1.96 bits per heavy atom. The van der Waals surface area contributed by atoms with Crippen molar-refractivity contribution in [2.24, 2.45) is 0 Å². The fraction of sp³-hybridized carbons (Fsp3) is 0.294. The average molecular weight is 391 g/mol. The molecule has 0 aliphatic heterocycles. The Bertz CT molecular complexity index is 927. The first kappa shape index (κ1) is 20.2. The van der Waals surface area contributed by atoms with Crippen LogP contribution in [-0.4, -0.2) is 13.0 Å². The van der Waals surface area contributed by atoms with Crippen molar-refractivity contribution < 1.29 is 35.3 Å². The number of aryl methyl sites for hydroxylation is 1. The molecule has 9 heteroatoms. The van der Waals surface area contributed by atoms with Crippen LogP contribution in [0.1, 0.15) is 37.8 Å². The number of rotatable bonds is 5. The molecule has 0 fully saturated rings. The number of benzene rings is 2. The molecule has 0 aliphatic carbocycles. The topological polar surface area (TPSA) is 66.4 Å². The summed E-state index contributed by atoms with van der Waals surface area (Å²) in [7, 11) is -5.77. The van der Waals surface area contributed by atoms with Crippen LogP contribution in [0.5, 0.6) is 11.5 Å². The standard InChI is InChI=1S/C17H16F4O4S/c1-4-9-6-5-7-10(8(2)3)15(9)25-16-11(18)13(20)17(26(22,23)24)14(21)12(16)19/h5-8H,4H2,1-3H3,(H,22,23,24)/p-1. The van der Waals surface area contributed by atoms with Crippen LogP contribution < -0.4 is 4.74 Å². The lowest BCUT2D eigenvalue weighted by atomic mass is 9.98. The fourth-order valence-electron chi connectivity index (χ4n) is 2.46. The normalized spacial score (nSPS) is 11.9. The van der Waals surface area contributed by atoms with E-state index in [2.05, 4.69) is 0 Å². The number of halogens is 4. The second-order valence-corrected chi connectivity index (χ2v) is 7.13. The summed E-state index contributed by atoms with van der Waals surface area (Å²) in [4.78, 5) is -2.22. The molecule has 4 nitrogen and oxygen atoms in total. The van der Waals surface area contributed by atoms with Gasteiger partial charge in [0.15, 0.2) is 11.6 Å². The molecule has 0 heterocycles. The highest BCUT2D eigenvalue weighted by atomic mass is 32.2. The Kier molecular flexibility index (Phi) is 5.62. The second-order valence-electron chi connectivity index (χ2n) is 5.81. The van der Waals surface area contributed by atoms with Gasteiger partial charge in [-0.3, -0.25) is 0 Å². The lowest BCUT2D eigenvalue weighted by Crippen LogP contribution is -2.12. The van der Waals surface area contributed by atoms with Gasteiger partial charge in [0.25, 0.3) is 0 Å². The van der Waals surface area contributed by atoms with Crippen molar-refractivity contribution >= 4 is 10.1 Å². The van der Waals surface area contributed by atoms with Crippen molar-refractivity contribution in [2.75, 3.05) is 0 Å². The Hall–Kier alpha value is -2.13. The van der Waals surface area contributed by atoms with Gasteiger partial charge >= 0.3 is 0 Å². The molecule has 0 saturated carbocycles. The summed E-state index contributed by atoms with van der Waals surface area (Å²) < 4.78 is 94.0. The Balaban J connectivity index is 2.74. The summed E-state index contributed by atoms with van der Waals surface area (Å²) in [6.45, 7) is 5.30. The van der Waals surface area contributed by atoms with E-state index in [9.17, 15) is 30.5 Å². The van der Waals surface area contributed by atoms with E-state index in [0.29, 0.717) is 17.5 Å². The van der Waals surface area contributed by atoms with E-state index in [0.717, 1.165) is 0 Å². The van der Waals surface area contributed by atoms with Crippen LogP contribution >= 0.6 is 0 Å². The number of para-hydroxylation sites is 1. The lowest BCUT2D eigenvalue weighted by Gasteiger charge is -2.19. The first-order valence-corrected chi connectivity index (χ1v) is 9.02. The van der Waals surface area contributed by atoms with Crippen molar-refractivity contribution in [3.8, 4) is 11.5 Å². The highest BCUT2D eigenvalue weighted by Crippen LogP contribution is 2.39. The Labute approximate surface area is 148 Å². The maximum Gasteiger partial charge on any atom is 0.205 e. The smallest absolute Gasteiger partial charge is 0.205 e. The molecule has 0 spiro atoms. The first-order chi connectivity index (χ1) is 12.0. The summed E-state index contributed by atoms with van der Waals surface area (Å²) in [6, 6.07) is 4.93. The van der Waals surface area contributed by atoms with Gasteiger partial charge in [0.2, 0.25) is 17.4 Å². The highest BCUT2D eigenvalue weighted by molar-refractivity contribution is 7.85. The predicted octanol–water partition coefficient (Wildman–Crippen LogP) is 4.63. The molecule has 0 bridgehead atoms. The van der Waals surface area contributed by atoms with Crippen molar-refractivity contribution in [2.45, 2.75) is 38.0 Å². The van der Waals surface area contributed by atoms with E-state index in [1.165, 1.54) is 0 Å². The molecule has 142 valence electrons. The molecule has 2 aromatic rings. The van der Waals surface area contributed by atoms with E-state index in [1.54, 1.807) is 39.0 Å². The molecule has 2 rings (SSSR count). The lowest BCUT2D eigenvalue weighted by molar-refractivity contribution is 0.342. The minimum absolute atomic E-state index is 0.0133. The molecule has 0 radical (unpaired) electrons. The van der Waals surface area contributed by atoms with E-state index in [1.807, 2.05) is 0 Å². The zero-order valence-corrected chi connectivity index (χ0v) is 14.9. The van der Waals surface area contributed by atoms with Gasteiger partial charge in [-0.05, 0) is 23.5 Å². The van der Waals surface area contributed by atoms with Crippen LogP contribution in [0.15, 0.2) is 23.1 Å². The van der Waals surface area contributed by atoms with E-state index < -0.39 is 44.0 Å². The number of hydrogen-bond donors (Lipinski definition) is 0. The molecule has 0 atom stereocenters. The van der Waals surface area contributed by atoms with Crippen LogP contribution in [0.4, 0.5) is 17.6 Å². The maximum absolute atomic E-state index is 14.2. The molecule has 2 aromatic carbocycles. The first-order valence-electron chi connectivity index (χ1n) is 7.62. The molecule has 0 saturated heterocycles. The molecular formula is C17H15F4O4S-. The van der Waals surface area contributed by atoms with Crippen LogP contribution in [0.25, 0.3) is 0 Å². The van der Waals surface area contributed by atoms with E-state index in [-0.39, 0.29) is 11.7 Å². The zero-order chi connectivity index (χ0) is 19.8. The van der Waals surface area contributed by atoms with Crippen molar-refractivity contribution in [1.29, 1.82) is 0 Å². The SMILES string of the molecule is CCc1cccc(C(C)C)c1Oc1c(F)c(F)c(S(=O)(=O)[O-])c(F)c1F. The quantitative estimate of drug-likeness (QED) is 0.424. The van der Waals surface area contributed by atoms with Gasteiger partial charge in [-0.1, -0.05) is 39.0 Å². The molecule has 0 N–H and O–H groups in total. The van der Waals surface area contributed by atoms with Crippen LogP contribution in [0.2, 0.25) is 0 Å². The third-order valence-corrected chi connectivity index (χ3v) is 4.63. The van der Waals surface area contributed by atoms with Gasteiger partial charge in [-0.15, -0.1) is 0 Å². The minimum atomic E-state index is -5.77. The predicted molar refractivity (Wildman–Crippen MR) is 84.2 cm³/mol. The molecule has 0 aromatic heterocycles. The van der Waals surface area contributed by atoms with Crippen molar-refractivity contribution in [3.63, 3.8) is 0 Å². The van der Waals surface area contributed by atoms with Crippen LogP contribution in [0.3, 0.4) is 0 Å². The molecule has 0 aliphatic rings. The monoisotopic (exact) mass is 391 g/mol. The third-order valence-electron chi connectivity index (χ3n) is 3.77. The number of ether oxygens (including phenoxy) is 1. The van der Waals surface area contributed by atoms with Crippen LogP contribution in [0, 0.1) is 23.3 Å². The van der Waals surface area contributed by atoms with Crippen LogP contribution in [-0.2, 0) is 16.5 Å². The summed E-state index contributed by atoms with van der Waals surface area (Å²) in [5, 5.41) is 0. The second kappa shape index (κ2) is 7.24. The van der Waals surface area contributed by atoms with Gasteiger partial charge in [0, 0.05) is 0 Å². The minimum Gasteiger partial charge on any atom is -0.744 e. The number of hydrogen-bond acceptors (Lipinski definition) is 4.